The number of rotatable bonds is 8. The van der Waals surface area contributed by atoms with Crippen molar-refractivity contribution in [3.63, 3.8) is 0 Å². The van der Waals surface area contributed by atoms with Crippen LogP contribution in [0.25, 0.3) is 0 Å². The number of benzene rings is 2. The van der Waals surface area contributed by atoms with Crippen LogP contribution in [0, 0.1) is 0 Å². The van der Waals surface area contributed by atoms with E-state index in [4.69, 9.17) is 5.11 Å². The molecule has 0 spiro atoms. The quantitative estimate of drug-likeness (QED) is 0.413. The molecule has 27 heavy (non-hydrogen) atoms. The Morgan fingerprint density at radius 2 is 1.52 bits per heavy atom. The van der Waals surface area contributed by atoms with Crippen molar-refractivity contribution in [1.29, 1.82) is 0 Å². The molecule has 0 saturated carbocycles. The molecule has 0 aliphatic carbocycles. The molecule has 2 aromatic rings. The van der Waals surface area contributed by atoms with E-state index in [1.807, 2.05) is 30.3 Å². The SMILES string of the molecule is O=C(NCCCO)C(=O)Nc1ccccc1C(=O)NCCc1ccccc1. The van der Waals surface area contributed by atoms with Crippen molar-refractivity contribution in [3.8, 4) is 0 Å². The fraction of sp³-hybridized carbons (Fsp3) is 0.250. The summed E-state index contributed by atoms with van der Waals surface area (Å²) in [4.78, 5) is 36.1. The van der Waals surface area contributed by atoms with Crippen molar-refractivity contribution in [2.75, 3.05) is 25.0 Å². The van der Waals surface area contributed by atoms with E-state index in [2.05, 4.69) is 16.0 Å². The third-order valence-corrected chi connectivity index (χ3v) is 3.79. The van der Waals surface area contributed by atoms with Gasteiger partial charge in [-0.1, -0.05) is 42.5 Å². The zero-order valence-electron chi connectivity index (χ0n) is 14.9. The van der Waals surface area contributed by atoms with E-state index in [-0.39, 0.29) is 30.3 Å². The molecule has 0 radical (unpaired) electrons. The van der Waals surface area contributed by atoms with Gasteiger partial charge in [0, 0.05) is 19.7 Å². The zero-order valence-corrected chi connectivity index (χ0v) is 14.9. The van der Waals surface area contributed by atoms with E-state index in [0.29, 0.717) is 19.4 Å². The lowest BCUT2D eigenvalue weighted by atomic mass is 10.1. The van der Waals surface area contributed by atoms with Gasteiger partial charge in [0.05, 0.1) is 11.3 Å². The highest BCUT2D eigenvalue weighted by atomic mass is 16.3. The van der Waals surface area contributed by atoms with Gasteiger partial charge < -0.3 is 21.1 Å². The van der Waals surface area contributed by atoms with Crippen LogP contribution in [-0.4, -0.2) is 42.5 Å². The zero-order chi connectivity index (χ0) is 19.5. The number of hydrogen-bond acceptors (Lipinski definition) is 4. The van der Waals surface area contributed by atoms with Crippen LogP contribution in [-0.2, 0) is 16.0 Å². The van der Waals surface area contributed by atoms with Gasteiger partial charge in [0.25, 0.3) is 5.91 Å². The summed E-state index contributed by atoms with van der Waals surface area (Å²) in [5.41, 5.74) is 1.65. The summed E-state index contributed by atoms with van der Waals surface area (Å²) in [5, 5.41) is 16.4. The molecule has 0 unspecified atom stereocenters. The minimum Gasteiger partial charge on any atom is -0.396 e. The lowest BCUT2D eigenvalue weighted by Crippen LogP contribution is -2.36. The second-order valence-corrected chi connectivity index (χ2v) is 5.82. The second-order valence-electron chi connectivity index (χ2n) is 5.82. The number of nitrogens with one attached hydrogen (secondary N) is 3. The third-order valence-electron chi connectivity index (χ3n) is 3.79. The first-order valence-electron chi connectivity index (χ1n) is 8.73. The molecule has 0 fully saturated rings. The van der Waals surface area contributed by atoms with E-state index in [1.165, 1.54) is 0 Å². The van der Waals surface area contributed by atoms with Crippen LogP contribution in [0.2, 0.25) is 0 Å². The van der Waals surface area contributed by atoms with E-state index in [1.54, 1.807) is 24.3 Å². The van der Waals surface area contributed by atoms with Crippen LogP contribution in [0.15, 0.2) is 54.6 Å². The van der Waals surface area contributed by atoms with E-state index >= 15 is 0 Å². The number of carbonyl (C=O) groups excluding carboxylic acids is 3. The first kappa shape index (κ1) is 20.1. The molecular weight excluding hydrogens is 346 g/mol. The minimum atomic E-state index is -0.863. The highest BCUT2D eigenvalue weighted by Gasteiger charge is 2.17. The number of aliphatic hydroxyl groups is 1. The van der Waals surface area contributed by atoms with Crippen molar-refractivity contribution < 1.29 is 19.5 Å². The lowest BCUT2D eigenvalue weighted by molar-refractivity contribution is -0.136. The predicted octanol–water partition coefficient (Wildman–Crippen LogP) is 1.10. The first-order chi connectivity index (χ1) is 13.1. The van der Waals surface area contributed by atoms with E-state index < -0.39 is 11.8 Å². The summed E-state index contributed by atoms with van der Waals surface area (Å²) in [6.45, 7) is 0.574. The maximum Gasteiger partial charge on any atom is 0.313 e. The Hall–Kier alpha value is -3.19. The molecule has 0 saturated heterocycles. The summed E-state index contributed by atoms with van der Waals surface area (Å²) < 4.78 is 0. The van der Waals surface area contributed by atoms with Gasteiger partial charge in [0.15, 0.2) is 0 Å². The monoisotopic (exact) mass is 369 g/mol. The molecule has 0 atom stereocenters. The molecule has 142 valence electrons. The second kappa shape index (κ2) is 10.7. The number of hydrogen-bond donors (Lipinski definition) is 4. The van der Waals surface area contributed by atoms with Gasteiger partial charge >= 0.3 is 11.8 Å². The Bertz CT molecular complexity index is 778. The van der Waals surface area contributed by atoms with Gasteiger partial charge in [-0.25, -0.2) is 0 Å². The van der Waals surface area contributed by atoms with Gasteiger partial charge in [0.1, 0.15) is 0 Å². The normalized spacial score (nSPS) is 10.1. The number of amides is 3. The van der Waals surface area contributed by atoms with Crippen LogP contribution >= 0.6 is 0 Å². The molecule has 2 rings (SSSR count). The Morgan fingerprint density at radius 3 is 2.26 bits per heavy atom. The number of aliphatic hydroxyl groups excluding tert-OH is 1. The molecular formula is C20H23N3O4. The molecule has 0 aliphatic heterocycles. The average molecular weight is 369 g/mol. The Kier molecular flexibility index (Phi) is 7.99. The maximum absolute atomic E-state index is 12.4. The molecule has 0 heterocycles. The van der Waals surface area contributed by atoms with E-state index in [0.717, 1.165) is 5.56 Å². The number of para-hydroxylation sites is 1. The molecule has 2 aromatic carbocycles. The maximum atomic E-state index is 12.4. The lowest BCUT2D eigenvalue weighted by Gasteiger charge is -2.11. The summed E-state index contributed by atoms with van der Waals surface area (Å²) in [7, 11) is 0. The fourth-order valence-electron chi connectivity index (χ4n) is 2.39. The van der Waals surface area contributed by atoms with Gasteiger partial charge in [0.2, 0.25) is 0 Å². The number of anilines is 1. The average Bonchev–Trinajstić information content (AvgIpc) is 2.69. The minimum absolute atomic E-state index is 0.0755. The Labute approximate surface area is 157 Å². The summed E-state index contributed by atoms with van der Waals surface area (Å²) in [5.74, 6) is -2.01. The van der Waals surface area contributed by atoms with Crippen LogP contribution < -0.4 is 16.0 Å². The Morgan fingerprint density at radius 1 is 0.815 bits per heavy atom. The molecule has 7 heteroatoms. The van der Waals surface area contributed by atoms with Gasteiger partial charge in [-0.2, -0.15) is 0 Å². The van der Waals surface area contributed by atoms with Crippen molar-refractivity contribution in [2.45, 2.75) is 12.8 Å². The standard InChI is InChI=1S/C20H23N3O4/c24-14-6-12-21-19(26)20(27)23-17-10-5-4-9-16(17)18(25)22-13-11-15-7-2-1-3-8-15/h1-5,7-10,24H,6,11-14H2,(H,21,26)(H,22,25)(H,23,27). The van der Waals surface area contributed by atoms with Gasteiger partial charge in [-0.3, -0.25) is 14.4 Å². The highest BCUT2D eigenvalue weighted by Crippen LogP contribution is 2.15. The molecule has 0 aromatic heterocycles. The fourth-order valence-corrected chi connectivity index (χ4v) is 2.39. The highest BCUT2D eigenvalue weighted by molar-refractivity contribution is 6.40. The molecule has 7 nitrogen and oxygen atoms in total. The van der Waals surface area contributed by atoms with Crippen LogP contribution in [0.5, 0.6) is 0 Å². The van der Waals surface area contributed by atoms with Crippen molar-refractivity contribution in [3.05, 3.63) is 65.7 Å². The van der Waals surface area contributed by atoms with Crippen molar-refractivity contribution in [1.82, 2.24) is 10.6 Å². The van der Waals surface area contributed by atoms with Crippen LogP contribution in [0.1, 0.15) is 22.3 Å². The van der Waals surface area contributed by atoms with Crippen LogP contribution in [0.4, 0.5) is 5.69 Å². The summed E-state index contributed by atoms with van der Waals surface area (Å²) in [6, 6.07) is 16.3. The smallest absolute Gasteiger partial charge is 0.313 e. The predicted molar refractivity (Wildman–Crippen MR) is 102 cm³/mol. The summed E-state index contributed by atoms with van der Waals surface area (Å²) in [6.07, 6.45) is 1.05. The van der Waals surface area contributed by atoms with Crippen LogP contribution in [0.3, 0.4) is 0 Å². The molecule has 4 N–H and O–H groups in total. The molecule has 3 amide bonds. The third kappa shape index (κ3) is 6.56. The largest absolute Gasteiger partial charge is 0.396 e. The summed E-state index contributed by atoms with van der Waals surface area (Å²) >= 11 is 0. The van der Waals surface area contributed by atoms with Crippen molar-refractivity contribution >= 4 is 23.4 Å². The Balaban J connectivity index is 1.92. The molecule has 0 aliphatic rings. The van der Waals surface area contributed by atoms with Crippen molar-refractivity contribution in [2.24, 2.45) is 0 Å². The first-order valence-corrected chi connectivity index (χ1v) is 8.73. The molecule has 0 bridgehead atoms. The topological polar surface area (TPSA) is 108 Å². The van der Waals surface area contributed by atoms with Gasteiger partial charge in [-0.15, -0.1) is 0 Å². The van der Waals surface area contributed by atoms with E-state index in [9.17, 15) is 14.4 Å². The number of carbonyl (C=O) groups is 3. The van der Waals surface area contributed by atoms with Gasteiger partial charge in [-0.05, 0) is 30.5 Å².